The number of aliphatic imine (C=N–C) groups is 1. The maximum absolute atomic E-state index is 5.92. The molecule has 132 valence electrons. The first kappa shape index (κ1) is 20.8. The highest BCUT2D eigenvalue weighted by atomic mass is 127. The van der Waals surface area contributed by atoms with Crippen LogP contribution in [0.25, 0.3) is 0 Å². The Morgan fingerprint density at radius 2 is 2.04 bits per heavy atom. The third kappa shape index (κ3) is 6.68. The molecule has 2 aromatic rings. The molecular weight excluding hydrogens is 433 g/mol. The lowest BCUT2D eigenvalue weighted by molar-refractivity contribution is 0.223. The molecule has 2 N–H and O–H groups in total. The molecular formula is C18H26IN3OS. The minimum absolute atomic E-state index is 0. The van der Waals surface area contributed by atoms with Gasteiger partial charge in [0.05, 0.1) is 12.6 Å². The first-order valence-electron chi connectivity index (χ1n) is 7.82. The van der Waals surface area contributed by atoms with E-state index in [1.54, 1.807) is 18.4 Å². The standard InChI is InChI=1S/C18H25N3OS.HI/c1-13-7-5-8-16(11-13)22-14(2)12-20-18(19-4)21-15(3)17-9-6-10-23-17;/h5-11,14-15H,12H2,1-4H3,(H2,19,20,21);1H. The van der Waals surface area contributed by atoms with Crippen molar-refractivity contribution in [2.75, 3.05) is 13.6 Å². The van der Waals surface area contributed by atoms with Crippen molar-refractivity contribution >= 4 is 41.3 Å². The van der Waals surface area contributed by atoms with Crippen LogP contribution in [0, 0.1) is 6.92 Å². The van der Waals surface area contributed by atoms with Crippen molar-refractivity contribution < 1.29 is 4.74 Å². The number of aryl methyl sites for hydroxylation is 1. The topological polar surface area (TPSA) is 45.7 Å². The van der Waals surface area contributed by atoms with Crippen LogP contribution >= 0.6 is 35.3 Å². The lowest BCUT2D eigenvalue weighted by atomic mass is 10.2. The van der Waals surface area contributed by atoms with Crippen LogP contribution in [0.15, 0.2) is 46.8 Å². The number of hydrogen-bond donors (Lipinski definition) is 2. The van der Waals surface area contributed by atoms with Gasteiger partial charge in [-0.2, -0.15) is 0 Å². The van der Waals surface area contributed by atoms with E-state index in [2.05, 4.69) is 53.1 Å². The summed E-state index contributed by atoms with van der Waals surface area (Å²) < 4.78 is 5.92. The Kier molecular flexibility index (Phi) is 9.13. The fraction of sp³-hybridized carbons (Fsp3) is 0.389. The SMILES string of the molecule is CN=C(NCC(C)Oc1cccc(C)c1)NC(C)c1cccs1.I. The largest absolute Gasteiger partial charge is 0.489 e. The number of nitrogens with zero attached hydrogens (tertiary/aromatic N) is 1. The van der Waals surface area contributed by atoms with Crippen molar-refractivity contribution in [2.45, 2.75) is 32.9 Å². The van der Waals surface area contributed by atoms with Crippen molar-refractivity contribution in [3.05, 3.63) is 52.2 Å². The van der Waals surface area contributed by atoms with Gasteiger partial charge in [0.25, 0.3) is 0 Å². The van der Waals surface area contributed by atoms with Gasteiger partial charge in [0.2, 0.25) is 0 Å². The summed E-state index contributed by atoms with van der Waals surface area (Å²) in [7, 11) is 1.78. The summed E-state index contributed by atoms with van der Waals surface area (Å²) in [4.78, 5) is 5.56. The summed E-state index contributed by atoms with van der Waals surface area (Å²) in [5, 5.41) is 8.79. The average molecular weight is 459 g/mol. The van der Waals surface area contributed by atoms with E-state index in [9.17, 15) is 0 Å². The zero-order chi connectivity index (χ0) is 16.7. The van der Waals surface area contributed by atoms with Crippen LogP contribution < -0.4 is 15.4 Å². The van der Waals surface area contributed by atoms with Crippen LogP contribution in [0.4, 0.5) is 0 Å². The Morgan fingerprint density at radius 1 is 1.25 bits per heavy atom. The van der Waals surface area contributed by atoms with Gasteiger partial charge in [-0.25, -0.2) is 0 Å². The quantitative estimate of drug-likeness (QED) is 0.383. The summed E-state index contributed by atoms with van der Waals surface area (Å²) in [6.07, 6.45) is 0.0485. The second kappa shape index (κ2) is 10.6. The van der Waals surface area contributed by atoms with Gasteiger partial charge in [-0.15, -0.1) is 35.3 Å². The van der Waals surface area contributed by atoms with E-state index >= 15 is 0 Å². The predicted molar refractivity (Wildman–Crippen MR) is 114 cm³/mol. The molecule has 0 radical (unpaired) electrons. The zero-order valence-corrected chi connectivity index (χ0v) is 17.7. The Bertz CT molecular complexity index is 631. The maximum atomic E-state index is 5.92. The van der Waals surface area contributed by atoms with Gasteiger partial charge in [-0.05, 0) is 49.9 Å². The highest BCUT2D eigenvalue weighted by molar-refractivity contribution is 14.0. The molecule has 1 heterocycles. The number of halogens is 1. The van der Waals surface area contributed by atoms with Gasteiger partial charge in [0.15, 0.2) is 5.96 Å². The number of ether oxygens (including phenoxy) is 1. The summed E-state index contributed by atoms with van der Waals surface area (Å²) in [6, 6.07) is 12.5. The number of nitrogens with one attached hydrogen (secondary N) is 2. The van der Waals surface area contributed by atoms with Gasteiger partial charge >= 0.3 is 0 Å². The molecule has 2 rings (SSSR count). The fourth-order valence-corrected chi connectivity index (χ4v) is 2.95. The maximum Gasteiger partial charge on any atom is 0.191 e. The molecule has 4 nitrogen and oxygen atoms in total. The molecule has 2 atom stereocenters. The molecule has 6 heteroatoms. The van der Waals surface area contributed by atoms with Crippen molar-refractivity contribution in [3.63, 3.8) is 0 Å². The zero-order valence-electron chi connectivity index (χ0n) is 14.6. The number of rotatable bonds is 6. The summed E-state index contributed by atoms with van der Waals surface area (Å²) in [6.45, 7) is 6.93. The van der Waals surface area contributed by atoms with Crippen LogP contribution in [0.5, 0.6) is 5.75 Å². The van der Waals surface area contributed by atoms with Crippen molar-refractivity contribution in [3.8, 4) is 5.75 Å². The van der Waals surface area contributed by atoms with E-state index in [1.807, 2.05) is 25.1 Å². The van der Waals surface area contributed by atoms with Crippen molar-refractivity contribution in [1.82, 2.24) is 10.6 Å². The van der Waals surface area contributed by atoms with Crippen LogP contribution in [0.1, 0.15) is 30.3 Å². The fourth-order valence-electron chi connectivity index (χ4n) is 2.21. The second-order valence-electron chi connectivity index (χ2n) is 5.58. The monoisotopic (exact) mass is 459 g/mol. The summed E-state index contributed by atoms with van der Waals surface area (Å²) in [5.74, 6) is 1.68. The molecule has 24 heavy (non-hydrogen) atoms. The van der Waals surface area contributed by atoms with Gasteiger partial charge in [0, 0.05) is 11.9 Å². The van der Waals surface area contributed by atoms with Crippen molar-refractivity contribution in [2.24, 2.45) is 4.99 Å². The smallest absolute Gasteiger partial charge is 0.191 e. The molecule has 0 amide bonds. The Labute approximate surface area is 165 Å². The molecule has 0 aliphatic heterocycles. The van der Waals surface area contributed by atoms with Crippen LogP contribution in [-0.4, -0.2) is 25.7 Å². The summed E-state index contributed by atoms with van der Waals surface area (Å²) >= 11 is 1.74. The van der Waals surface area contributed by atoms with E-state index in [-0.39, 0.29) is 36.1 Å². The van der Waals surface area contributed by atoms with Gasteiger partial charge in [0.1, 0.15) is 11.9 Å². The molecule has 0 bridgehead atoms. The average Bonchev–Trinajstić information content (AvgIpc) is 3.05. The molecule has 1 aromatic heterocycles. The van der Waals surface area contributed by atoms with E-state index in [0.29, 0.717) is 6.54 Å². The van der Waals surface area contributed by atoms with Gasteiger partial charge in [-0.3, -0.25) is 4.99 Å². The first-order valence-corrected chi connectivity index (χ1v) is 8.70. The van der Waals surface area contributed by atoms with E-state index in [4.69, 9.17) is 4.74 Å². The van der Waals surface area contributed by atoms with Crippen molar-refractivity contribution in [1.29, 1.82) is 0 Å². The molecule has 2 unspecified atom stereocenters. The molecule has 0 spiro atoms. The van der Waals surface area contributed by atoms with Gasteiger partial charge < -0.3 is 15.4 Å². The number of hydrogen-bond acceptors (Lipinski definition) is 3. The Morgan fingerprint density at radius 3 is 2.67 bits per heavy atom. The molecule has 0 aliphatic rings. The van der Waals surface area contributed by atoms with Gasteiger partial charge in [-0.1, -0.05) is 18.2 Å². The molecule has 0 saturated carbocycles. The van der Waals surface area contributed by atoms with Crippen LogP contribution in [0.2, 0.25) is 0 Å². The van der Waals surface area contributed by atoms with E-state index in [0.717, 1.165) is 11.7 Å². The minimum Gasteiger partial charge on any atom is -0.489 e. The highest BCUT2D eigenvalue weighted by Gasteiger charge is 2.10. The van der Waals surface area contributed by atoms with E-state index in [1.165, 1.54) is 10.4 Å². The first-order chi connectivity index (χ1) is 11.1. The third-order valence-corrected chi connectivity index (χ3v) is 4.49. The Balaban J connectivity index is 0.00000288. The van der Waals surface area contributed by atoms with Crippen LogP contribution in [-0.2, 0) is 0 Å². The van der Waals surface area contributed by atoms with Crippen LogP contribution in [0.3, 0.4) is 0 Å². The molecule has 0 fully saturated rings. The molecule has 0 saturated heterocycles. The number of benzene rings is 1. The highest BCUT2D eigenvalue weighted by Crippen LogP contribution is 2.18. The third-order valence-electron chi connectivity index (χ3n) is 3.43. The number of guanidine groups is 1. The normalized spacial score (nSPS) is 13.6. The lowest BCUT2D eigenvalue weighted by Crippen LogP contribution is -2.42. The van der Waals surface area contributed by atoms with E-state index < -0.39 is 0 Å². The summed E-state index contributed by atoms with van der Waals surface area (Å²) in [5.41, 5.74) is 1.20. The molecule has 0 aliphatic carbocycles. The predicted octanol–water partition coefficient (Wildman–Crippen LogP) is 4.37. The minimum atomic E-state index is 0. The molecule has 1 aromatic carbocycles. The lowest BCUT2D eigenvalue weighted by Gasteiger charge is -2.20. The number of thiophene rings is 1. The second-order valence-corrected chi connectivity index (χ2v) is 6.56. The Hall–Kier alpha value is -1.28.